The molecular weight excluding hydrogens is 442 g/mol. The molecule has 28 heavy (non-hydrogen) atoms. The minimum atomic E-state index is 0. The van der Waals surface area contributed by atoms with E-state index in [2.05, 4.69) is 110 Å². The average Bonchev–Trinajstić information content (AvgIpc) is 2.87. The summed E-state index contributed by atoms with van der Waals surface area (Å²) < 4.78 is 0.0197. The van der Waals surface area contributed by atoms with Crippen molar-refractivity contribution in [1.82, 2.24) is 0 Å². The summed E-state index contributed by atoms with van der Waals surface area (Å²) in [5.41, 5.74) is 9.65. The second-order valence-electron chi connectivity index (χ2n) is 7.61. The van der Waals surface area contributed by atoms with Gasteiger partial charge in [-0.25, -0.2) is 0 Å². The third kappa shape index (κ3) is 6.00. The van der Waals surface area contributed by atoms with Gasteiger partial charge in [0.15, 0.2) is 0 Å². The Balaban J connectivity index is 0.00000243. The molecule has 1 aliphatic rings. The Kier molecular flexibility index (Phi) is 10.9. The molecule has 0 bridgehead atoms. The first kappa shape index (κ1) is 27.5. The molecule has 1 atom stereocenters. The predicted molar refractivity (Wildman–Crippen MR) is 104 cm³/mol. The molecule has 4 heteroatoms. The number of rotatable bonds is 4. The molecule has 2 aromatic carbocycles. The summed E-state index contributed by atoms with van der Waals surface area (Å²) in [5, 5.41) is 0. The van der Waals surface area contributed by atoms with Gasteiger partial charge in [-0.2, -0.15) is 0 Å². The van der Waals surface area contributed by atoms with E-state index in [1.165, 1.54) is 39.0 Å². The van der Waals surface area contributed by atoms with Crippen molar-refractivity contribution in [2.24, 2.45) is 0 Å². The summed E-state index contributed by atoms with van der Waals surface area (Å²) >= 11 is 2.38. The Morgan fingerprint density at radius 3 is 1.46 bits per heavy atom. The third-order valence-electron chi connectivity index (χ3n) is 5.04. The van der Waals surface area contributed by atoms with Gasteiger partial charge in [0.05, 0.1) is 0 Å². The molecule has 2 aromatic rings. The van der Waals surface area contributed by atoms with E-state index >= 15 is 0 Å². The van der Waals surface area contributed by atoms with Gasteiger partial charge in [0, 0.05) is 0 Å². The SMILES string of the molecule is CCC1=C[C]([Ti+3])(C(c2cc(C)cc(C)c2)c2cc(C)cc(C)c2)C=C1.[Cl-].[Cl-].[Cl-]. The van der Waals surface area contributed by atoms with Crippen LogP contribution in [0.25, 0.3) is 0 Å². The van der Waals surface area contributed by atoms with Crippen LogP contribution in [0.4, 0.5) is 0 Å². The van der Waals surface area contributed by atoms with Crippen LogP contribution in [0.2, 0.25) is 3.72 Å². The third-order valence-corrected chi connectivity index (χ3v) is 5.97. The molecule has 1 unspecified atom stereocenters. The van der Waals surface area contributed by atoms with Gasteiger partial charge in [-0.05, 0) is 0 Å². The normalized spacial score (nSPS) is 17.5. The fraction of sp³-hybridized carbons (Fsp3) is 0.333. The number of allylic oxidation sites excluding steroid dienone is 4. The Bertz CT molecular complexity index is 778. The zero-order valence-electron chi connectivity index (χ0n) is 17.1. The Morgan fingerprint density at radius 2 is 1.14 bits per heavy atom. The van der Waals surface area contributed by atoms with E-state index in [0.717, 1.165) is 6.42 Å². The molecule has 0 N–H and O–H groups in total. The summed E-state index contributed by atoms with van der Waals surface area (Å²) in [7, 11) is 0. The van der Waals surface area contributed by atoms with Crippen LogP contribution in [0.3, 0.4) is 0 Å². The quantitative estimate of drug-likeness (QED) is 0.441. The van der Waals surface area contributed by atoms with Gasteiger partial charge in [0.1, 0.15) is 0 Å². The second-order valence-corrected chi connectivity index (χ2v) is 8.97. The van der Waals surface area contributed by atoms with E-state index in [9.17, 15) is 0 Å². The van der Waals surface area contributed by atoms with Crippen molar-refractivity contribution in [1.29, 1.82) is 0 Å². The van der Waals surface area contributed by atoms with Crippen LogP contribution >= 0.6 is 0 Å². The number of aryl methyl sites for hydroxylation is 4. The van der Waals surface area contributed by atoms with Crippen LogP contribution in [-0.2, 0) is 20.4 Å². The monoisotopic (exact) mass is 468 g/mol. The topological polar surface area (TPSA) is 0 Å². The molecular formula is C24H27Cl3Ti. The van der Waals surface area contributed by atoms with Crippen LogP contribution in [-0.4, -0.2) is 0 Å². The van der Waals surface area contributed by atoms with Crippen molar-refractivity contribution in [3.8, 4) is 0 Å². The van der Waals surface area contributed by atoms with Gasteiger partial charge in [0.25, 0.3) is 0 Å². The first-order valence-electron chi connectivity index (χ1n) is 9.13. The fourth-order valence-electron chi connectivity index (χ4n) is 4.14. The van der Waals surface area contributed by atoms with Crippen molar-refractivity contribution in [2.75, 3.05) is 0 Å². The maximum atomic E-state index is 2.48. The van der Waals surface area contributed by atoms with Crippen LogP contribution in [0.5, 0.6) is 0 Å². The molecule has 0 spiro atoms. The molecule has 0 saturated carbocycles. The van der Waals surface area contributed by atoms with Crippen molar-refractivity contribution in [3.05, 3.63) is 93.6 Å². The first-order valence-corrected chi connectivity index (χ1v) is 9.91. The zero-order valence-corrected chi connectivity index (χ0v) is 20.9. The molecule has 0 nitrogen and oxygen atoms in total. The van der Waals surface area contributed by atoms with Crippen LogP contribution in [0.15, 0.2) is 60.2 Å². The molecule has 3 rings (SSSR count). The van der Waals surface area contributed by atoms with Gasteiger partial charge >= 0.3 is 165 Å². The van der Waals surface area contributed by atoms with Crippen LogP contribution in [0, 0.1) is 27.7 Å². The van der Waals surface area contributed by atoms with Crippen LogP contribution < -0.4 is 37.2 Å². The van der Waals surface area contributed by atoms with Crippen molar-refractivity contribution in [2.45, 2.75) is 50.7 Å². The number of hydrogen-bond acceptors (Lipinski definition) is 0. The van der Waals surface area contributed by atoms with E-state index in [1.54, 1.807) is 0 Å². The van der Waals surface area contributed by atoms with Gasteiger partial charge in [-0.15, -0.1) is 0 Å². The maximum absolute atomic E-state index is 2.48. The predicted octanol–water partition coefficient (Wildman–Crippen LogP) is -2.32. The largest absolute Gasteiger partial charge is 1.00 e. The Hall–Kier alpha value is -0.496. The minimum absolute atomic E-state index is 0. The Labute approximate surface area is 200 Å². The van der Waals surface area contributed by atoms with E-state index in [0.29, 0.717) is 5.92 Å². The second kappa shape index (κ2) is 11.0. The number of benzene rings is 2. The summed E-state index contributed by atoms with van der Waals surface area (Å²) in [6.07, 6.45) is 8.30. The minimum Gasteiger partial charge on any atom is -1.00 e. The molecule has 0 amide bonds. The summed E-state index contributed by atoms with van der Waals surface area (Å²) in [6.45, 7) is 11.1. The maximum Gasteiger partial charge on any atom is -1.00 e. The molecule has 0 fully saturated rings. The van der Waals surface area contributed by atoms with E-state index in [-0.39, 0.29) is 40.9 Å². The molecule has 148 valence electrons. The summed E-state index contributed by atoms with van der Waals surface area (Å²) in [6, 6.07) is 14.0. The van der Waals surface area contributed by atoms with E-state index in [1.807, 2.05) is 0 Å². The zero-order chi connectivity index (χ0) is 18.2. The van der Waals surface area contributed by atoms with Gasteiger partial charge in [-0.3, -0.25) is 0 Å². The van der Waals surface area contributed by atoms with Crippen molar-refractivity contribution in [3.63, 3.8) is 0 Å². The summed E-state index contributed by atoms with van der Waals surface area (Å²) in [4.78, 5) is 0. The Morgan fingerprint density at radius 1 is 0.750 bits per heavy atom. The smallest absolute Gasteiger partial charge is 1.00 e. The van der Waals surface area contributed by atoms with Crippen LogP contribution in [0.1, 0.15) is 52.6 Å². The van der Waals surface area contributed by atoms with Crippen molar-refractivity contribution >= 4 is 0 Å². The van der Waals surface area contributed by atoms with E-state index in [4.69, 9.17) is 0 Å². The molecule has 0 aromatic heterocycles. The molecule has 0 saturated heterocycles. The summed E-state index contributed by atoms with van der Waals surface area (Å²) in [5.74, 6) is 0.338. The molecule has 0 aliphatic heterocycles. The number of halogens is 3. The van der Waals surface area contributed by atoms with Gasteiger partial charge in [0.2, 0.25) is 0 Å². The number of hydrogen-bond donors (Lipinski definition) is 0. The fourth-order valence-corrected chi connectivity index (χ4v) is 5.08. The van der Waals surface area contributed by atoms with Gasteiger partial charge in [-0.1, -0.05) is 0 Å². The average molecular weight is 470 g/mol. The molecule has 0 radical (unpaired) electrons. The first-order chi connectivity index (χ1) is 11.8. The standard InChI is InChI=1S/C24H27.3ClH.Ti/c1-6-20-7-8-21(15-20)24(22-11-16(2)9-17(3)12-22)23-13-18(4)10-19(5)14-23;;;;/h7-15,24H,6H2,1-5H3;3*1H;/q;;;;+3/p-3. The van der Waals surface area contributed by atoms with Crippen molar-refractivity contribution < 1.29 is 57.7 Å². The van der Waals surface area contributed by atoms with Gasteiger partial charge < -0.3 is 37.2 Å². The molecule has 0 heterocycles. The van der Waals surface area contributed by atoms with E-state index < -0.39 is 0 Å². The molecule has 1 aliphatic carbocycles.